The lowest BCUT2D eigenvalue weighted by Gasteiger charge is -2.04. The number of carbonyl (C=O) groups excluding carboxylic acids is 1. The highest BCUT2D eigenvalue weighted by Gasteiger charge is 2.14. The molecule has 0 aromatic heterocycles. The van der Waals surface area contributed by atoms with Crippen LogP contribution in [0.2, 0.25) is 5.02 Å². The molecule has 2 nitrogen and oxygen atoms in total. The standard InChI is InChI=1S/C13H8ClFO2/c14-9-3-1-2-8(6-9)13(17)11-7-10(15)4-5-12(11)16/h1-7,16H. The van der Waals surface area contributed by atoms with Crippen LogP contribution in [0.4, 0.5) is 4.39 Å². The minimum atomic E-state index is -0.576. The molecule has 0 fully saturated rings. The summed E-state index contributed by atoms with van der Waals surface area (Å²) in [5, 5.41) is 9.92. The van der Waals surface area contributed by atoms with E-state index in [1.165, 1.54) is 6.07 Å². The van der Waals surface area contributed by atoms with Gasteiger partial charge in [0.1, 0.15) is 11.6 Å². The van der Waals surface area contributed by atoms with E-state index in [9.17, 15) is 14.3 Å². The van der Waals surface area contributed by atoms with Crippen LogP contribution in [-0.4, -0.2) is 10.9 Å². The topological polar surface area (TPSA) is 37.3 Å². The van der Waals surface area contributed by atoms with E-state index in [1.807, 2.05) is 0 Å². The molecule has 86 valence electrons. The average Bonchev–Trinajstić information content (AvgIpc) is 2.31. The van der Waals surface area contributed by atoms with Crippen molar-refractivity contribution in [1.82, 2.24) is 0 Å². The molecule has 2 rings (SSSR count). The highest BCUT2D eigenvalue weighted by molar-refractivity contribution is 6.31. The number of rotatable bonds is 2. The van der Waals surface area contributed by atoms with E-state index >= 15 is 0 Å². The van der Waals surface area contributed by atoms with Crippen molar-refractivity contribution in [2.45, 2.75) is 0 Å². The van der Waals surface area contributed by atoms with Crippen molar-refractivity contribution in [3.05, 3.63) is 64.4 Å². The molecule has 2 aromatic carbocycles. The number of hydrogen-bond donors (Lipinski definition) is 1. The van der Waals surface area contributed by atoms with Crippen LogP contribution >= 0.6 is 11.6 Å². The maximum absolute atomic E-state index is 13.0. The lowest BCUT2D eigenvalue weighted by atomic mass is 10.0. The number of phenolic OH excluding ortho intramolecular Hbond substituents is 1. The molecule has 17 heavy (non-hydrogen) atoms. The fourth-order valence-electron chi connectivity index (χ4n) is 1.48. The van der Waals surface area contributed by atoms with Gasteiger partial charge in [-0.1, -0.05) is 23.7 Å². The molecule has 1 N–H and O–H groups in total. The van der Waals surface area contributed by atoms with Gasteiger partial charge in [0, 0.05) is 10.6 Å². The van der Waals surface area contributed by atoms with E-state index < -0.39 is 11.6 Å². The SMILES string of the molecule is O=C(c1cccc(Cl)c1)c1cc(F)ccc1O. The van der Waals surface area contributed by atoms with Crippen LogP contribution in [0.25, 0.3) is 0 Å². The minimum Gasteiger partial charge on any atom is -0.507 e. The van der Waals surface area contributed by atoms with E-state index in [4.69, 9.17) is 11.6 Å². The predicted molar refractivity (Wildman–Crippen MR) is 62.9 cm³/mol. The Kier molecular flexibility index (Phi) is 3.11. The summed E-state index contributed by atoms with van der Waals surface area (Å²) in [6.07, 6.45) is 0. The number of carbonyl (C=O) groups is 1. The first-order valence-electron chi connectivity index (χ1n) is 4.87. The number of halogens is 2. The van der Waals surface area contributed by atoms with Crippen LogP contribution in [0, 0.1) is 5.82 Å². The largest absolute Gasteiger partial charge is 0.507 e. The van der Waals surface area contributed by atoms with E-state index in [-0.39, 0.29) is 11.3 Å². The Hall–Kier alpha value is -1.87. The van der Waals surface area contributed by atoms with Crippen LogP contribution in [0.1, 0.15) is 15.9 Å². The fourth-order valence-corrected chi connectivity index (χ4v) is 1.67. The van der Waals surface area contributed by atoms with Crippen molar-refractivity contribution >= 4 is 17.4 Å². The van der Waals surface area contributed by atoms with Gasteiger partial charge in [0.2, 0.25) is 0 Å². The number of ketones is 1. The molecule has 0 radical (unpaired) electrons. The highest BCUT2D eigenvalue weighted by atomic mass is 35.5. The Labute approximate surface area is 102 Å². The van der Waals surface area contributed by atoms with Crippen LogP contribution in [-0.2, 0) is 0 Å². The first kappa shape index (κ1) is 11.6. The molecule has 0 amide bonds. The summed E-state index contributed by atoms with van der Waals surface area (Å²) in [5.74, 6) is -1.30. The van der Waals surface area contributed by atoms with Crippen molar-refractivity contribution < 1.29 is 14.3 Å². The zero-order chi connectivity index (χ0) is 12.4. The smallest absolute Gasteiger partial charge is 0.196 e. The van der Waals surface area contributed by atoms with Crippen LogP contribution in [0.3, 0.4) is 0 Å². The molecule has 0 saturated carbocycles. The summed E-state index contributed by atoms with van der Waals surface area (Å²) >= 11 is 5.76. The van der Waals surface area contributed by atoms with Crippen molar-refractivity contribution in [3.63, 3.8) is 0 Å². The Morgan fingerprint density at radius 3 is 2.65 bits per heavy atom. The second kappa shape index (κ2) is 4.55. The summed E-state index contributed by atoms with van der Waals surface area (Å²) in [4.78, 5) is 12.0. The zero-order valence-corrected chi connectivity index (χ0v) is 9.41. The second-order valence-corrected chi connectivity index (χ2v) is 3.94. The highest BCUT2D eigenvalue weighted by Crippen LogP contribution is 2.22. The Morgan fingerprint density at radius 1 is 1.18 bits per heavy atom. The Bertz CT molecular complexity index is 581. The maximum Gasteiger partial charge on any atom is 0.196 e. The molecule has 0 bridgehead atoms. The molecule has 0 atom stereocenters. The Balaban J connectivity index is 2.47. The zero-order valence-electron chi connectivity index (χ0n) is 8.65. The van der Waals surface area contributed by atoms with Gasteiger partial charge < -0.3 is 5.11 Å². The molecular weight excluding hydrogens is 243 g/mol. The van der Waals surface area contributed by atoms with Gasteiger partial charge in [-0.25, -0.2) is 4.39 Å². The van der Waals surface area contributed by atoms with Gasteiger partial charge in [0.05, 0.1) is 5.56 Å². The molecule has 0 aliphatic carbocycles. The molecular formula is C13H8ClFO2. The number of phenols is 1. The number of aromatic hydroxyl groups is 1. The van der Waals surface area contributed by atoms with E-state index in [2.05, 4.69) is 0 Å². The third-order valence-corrected chi connectivity index (χ3v) is 2.53. The third kappa shape index (κ3) is 2.45. The van der Waals surface area contributed by atoms with Crippen molar-refractivity contribution in [2.75, 3.05) is 0 Å². The molecule has 0 unspecified atom stereocenters. The number of benzene rings is 2. The summed E-state index contributed by atoms with van der Waals surface area (Å²) < 4.78 is 13.0. The fraction of sp³-hybridized carbons (Fsp3) is 0. The molecule has 0 aliphatic rings. The summed E-state index contributed by atoms with van der Waals surface area (Å²) in [6, 6.07) is 9.50. The lowest BCUT2D eigenvalue weighted by Crippen LogP contribution is -2.02. The van der Waals surface area contributed by atoms with Gasteiger partial charge >= 0.3 is 0 Å². The predicted octanol–water partition coefficient (Wildman–Crippen LogP) is 3.42. The van der Waals surface area contributed by atoms with Gasteiger partial charge in [-0.15, -0.1) is 0 Å². The molecule has 4 heteroatoms. The first-order valence-corrected chi connectivity index (χ1v) is 5.24. The molecule has 0 heterocycles. The van der Waals surface area contributed by atoms with Crippen molar-refractivity contribution in [3.8, 4) is 5.75 Å². The molecule has 2 aromatic rings. The third-order valence-electron chi connectivity index (χ3n) is 2.29. The summed E-state index contributed by atoms with van der Waals surface area (Å²) in [6.45, 7) is 0. The van der Waals surface area contributed by atoms with Gasteiger partial charge in [-0.2, -0.15) is 0 Å². The molecule has 0 aliphatic heterocycles. The van der Waals surface area contributed by atoms with Gasteiger partial charge in [-0.05, 0) is 30.3 Å². The monoisotopic (exact) mass is 250 g/mol. The van der Waals surface area contributed by atoms with Crippen LogP contribution in [0.5, 0.6) is 5.75 Å². The van der Waals surface area contributed by atoms with E-state index in [1.54, 1.807) is 18.2 Å². The van der Waals surface area contributed by atoms with Crippen LogP contribution < -0.4 is 0 Å². The van der Waals surface area contributed by atoms with Gasteiger partial charge in [0.25, 0.3) is 0 Å². The minimum absolute atomic E-state index is 0.0766. The quantitative estimate of drug-likeness (QED) is 0.830. The van der Waals surface area contributed by atoms with Crippen molar-refractivity contribution in [1.29, 1.82) is 0 Å². The van der Waals surface area contributed by atoms with Crippen molar-refractivity contribution in [2.24, 2.45) is 0 Å². The van der Waals surface area contributed by atoms with Crippen LogP contribution in [0.15, 0.2) is 42.5 Å². The Morgan fingerprint density at radius 2 is 1.94 bits per heavy atom. The first-order chi connectivity index (χ1) is 8.08. The average molecular weight is 251 g/mol. The van der Waals surface area contributed by atoms with E-state index in [0.29, 0.717) is 10.6 Å². The number of hydrogen-bond acceptors (Lipinski definition) is 2. The lowest BCUT2D eigenvalue weighted by molar-refractivity contribution is 0.103. The van der Waals surface area contributed by atoms with Gasteiger partial charge in [-0.3, -0.25) is 4.79 Å². The maximum atomic E-state index is 13.0. The van der Waals surface area contributed by atoms with Gasteiger partial charge in [0.15, 0.2) is 5.78 Å². The summed E-state index contributed by atoms with van der Waals surface area (Å²) in [5.41, 5.74) is 0.227. The molecule has 0 saturated heterocycles. The summed E-state index contributed by atoms with van der Waals surface area (Å²) in [7, 11) is 0. The second-order valence-electron chi connectivity index (χ2n) is 3.50. The normalized spacial score (nSPS) is 10.2. The molecule has 0 spiro atoms. The van der Waals surface area contributed by atoms with E-state index in [0.717, 1.165) is 18.2 Å².